The number of ether oxygens (including phenoxy) is 1. The molecule has 0 aromatic carbocycles. The average Bonchev–Trinajstić information content (AvgIpc) is 3.18. The van der Waals surface area contributed by atoms with E-state index in [1.54, 1.807) is 6.92 Å². The van der Waals surface area contributed by atoms with Crippen LogP contribution in [-0.4, -0.2) is 69.0 Å². The predicted molar refractivity (Wildman–Crippen MR) is 116 cm³/mol. The van der Waals surface area contributed by atoms with Gasteiger partial charge in [0, 0.05) is 6.42 Å². The molecule has 0 spiro atoms. The summed E-state index contributed by atoms with van der Waals surface area (Å²) in [6.07, 6.45) is -5.66. The summed E-state index contributed by atoms with van der Waals surface area (Å²) in [5.41, 5.74) is 2.34. The Balaban J connectivity index is 1.92. The summed E-state index contributed by atoms with van der Waals surface area (Å²) in [5, 5.41) is 29.5. The van der Waals surface area contributed by atoms with Crippen molar-refractivity contribution in [1.82, 2.24) is 19.5 Å². The van der Waals surface area contributed by atoms with E-state index in [2.05, 4.69) is 15.0 Å². The molecule has 3 heterocycles. The summed E-state index contributed by atoms with van der Waals surface area (Å²) in [7, 11) is -4.51. The second kappa shape index (κ2) is 8.62. The molecule has 2 aromatic heterocycles. The quantitative estimate of drug-likeness (QED) is 0.233. The van der Waals surface area contributed by atoms with Crippen LogP contribution in [0.2, 0.25) is 0 Å². The molecule has 186 valence electrons. The van der Waals surface area contributed by atoms with E-state index in [4.69, 9.17) is 15.0 Å². The van der Waals surface area contributed by atoms with Crippen LogP contribution in [0.25, 0.3) is 11.2 Å². The molecule has 1 aliphatic heterocycles. The molecule has 8 N–H and O–H groups in total. The van der Waals surface area contributed by atoms with Gasteiger partial charge in [0.15, 0.2) is 22.7 Å². The fourth-order valence-corrected chi connectivity index (χ4v) is 5.04. The molecule has 1 saturated heterocycles. The number of aromatic amines is 2. The molecular weight excluding hydrogens is 461 g/mol. The number of anilines is 1. The summed E-state index contributed by atoms with van der Waals surface area (Å²) in [6, 6.07) is 0. The summed E-state index contributed by atoms with van der Waals surface area (Å²) in [6.45, 7) is 5.91. The lowest BCUT2D eigenvalue weighted by Gasteiger charge is -2.37. The largest absolute Gasteiger partial charge is 0.388 e. The van der Waals surface area contributed by atoms with E-state index in [-0.39, 0.29) is 36.4 Å². The van der Waals surface area contributed by atoms with Gasteiger partial charge in [-0.2, -0.15) is 4.98 Å². The van der Waals surface area contributed by atoms with E-state index in [1.165, 1.54) is 20.8 Å². The number of imidazole rings is 1. The molecule has 0 saturated carbocycles. The molecule has 3 rings (SSSR count). The first-order valence-electron chi connectivity index (χ1n) is 10.4. The SMILES string of the molecule is CCC(C)(C[C@H]1O[C@@H](n2c(=O)[nH]c3c(=O)[nH]c(N)nc32)[C@H](O)[C@@H]1O)OP(=O)(O)[C@@](C)(O)CC. The molecule has 15 heteroatoms. The second-order valence-corrected chi connectivity index (χ2v) is 10.9. The van der Waals surface area contributed by atoms with Crippen LogP contribution in [0.5, 0.6) is 0 Å². The molecule has 0 amide bonds. The van der Waals surface area contributed by atoms with Crippen LogP contribution in [-0.2, 0) is 13.8 Å². The lowest BCUT2D eigenvalue weighted by Crippen LogP contribution is -2.40. The monoisotopic (exact) mass is 491 g/mol. The van der Waals surface area contributed by atoms with Crippen molar-refractivity contribution in [2.45, 2.75) is 82.4 Å². The maximum absolute atomic E-state index is 12.7. The van der Waals surface area contributed by atoms with E-state index < -0.39 is 54.3 Å². The number of rotatable bonds is 8. The van der Waals surface area contributed by atoms with Gasteiger partial charge in [0.05, 0.1) is 11.7 Å². The minimum atomic E-state index is -4.51. The fourth-order valence-electron chi connectivity index (χ4n) is 3.64. The number of nitrogen functional groups attached to an aromatic ring is 1. The Kier molecular flexibility index (Phi) is 6.68. The van der Waals surface area contributed by atoms with E-state index in [0.29, 0.717) is 0 Å². The highest BCUT2D eigenvalue weighted by Gasteiger charge is 2.51. The van der Waals surface area contributed by atoms with Gasteiger partial charge < -0.3 is 35.2 Å². The van der Waals surface area contributed by atoms with Crippen molar-refractivity contribution < 1.29 is 34.0 Å². The summed E-state index contributed by atoms with van der Waals surface area (Å²) in [4.78, 5) is 43.4. The van der Waals surface area contributed by atoms with Gasteiger partial charge in [0.25, 0.3) is 5.56 Å². The number of hydrogen-bond donors (Lipinski definition) is 7. The molecule has 0 aliphatic carbocycles. The number of aliphatic hydroxyl groups is 3. The van der Waals surface area contributed by atoms with Crippen LogP contribution in [0, 0.1) is 0 Å². The van der Waals surface area contributed by atoms with Crippen LogP contribution in [0.4, 0.5) is 5.95 Å². The molecule has 33 heavy (non-hydrogen) atoms. The highest BCUT2D eigenvalue weighted by molar-refractivity contribution is 7.54. The average molecular weight is 491 g/mol. The molecule has 14 nitrogen and oxygen atoms in total. The number of hydrogen-bond acceptors (Lipinski definition) is 10. The number of H-pyrrole nitrogens is 2. The van der Waals surface area contributed by atoms with Gasteiger partial charge in [-0.1, -0.05) is 13.8 Å². The number of aromatic nitrogens is 4. The molecular formula is C18H30N5O9P. The first-order chi connectivity index (χ1) is 15.2. The number of fused-ring (bicyclic) bond motifs is 1. The predicted octanol–water partition coefficient (Wildman–Crippen LogP) is -0.506. The Bertz CT molecular complexity index is 1190. The summed E-state index contributed by atoms with van der Waals surface area (Å²) >= 11 is 0. The second-order valence-electron chi connectivity index (χ2n) is 8.69. The first-order valence-corrected chi connectivity index (χ1v) is 12.0. The lowest BCUT2D eigenvalue weighted by molar-refractivity contribution is -0.0698. The van der Waals surface area contributed by atoms with Crippen LogP contribution in [0.3, 0.4) is 0 Å². The van der Waals surface area contributed by atoms with Gasteiger partial charge >= 0.3 is 13.3 Å². The van der Waals surface area contributed by atoms with Crippen molar-refractivity contribution in [2.75, 3.05) is 5.73 Å². The smallest absolute Gasteiger partial charge is 0.359 e. The maximum atomic E-state index is 12.7. The van der Waals surface area contributed by atoms with Crippen molar-refractivity contribution in [1.29, 1.82) is 0 Å². The van der Waals surface area contributed by atoms with Crippen LogP contribution < -0.4 is 17.0 Å². The van der Waals surface area contributed by atoms with Gasteiger partial charge in [-0.25, -0.2) is 9.36 Å². The van der Waals surface area contributed by atoms with E-state index in [0.717, 1.165) is 4.57 Å². The zero-order valence-electron chi connectivity index (χ0n) is 18.7. The molecule has 0 radical (unpaired) electrons. The van der Waals surface area contributed by atoms with Gasteiger partial charge in [0.1, 0.15) is 12.2 Å². The zero-order chi connectivity index (χ0) is 24.9. The molecule has 2 aromatic rings. The topological polar surface area (TPSA) is 226 Å². The standard InChI is InChI=1S/C18H30N5O9P/c1-5-17(3,32-33(29,30)18(4,28)6-2)7-8-10(24)11(25)14(31-8)23-12-9(20-16(23)27)13(26)22-15(19)21-12/h8,10-11,14,24-25,28H,5-7H2,1-4H3,(H,20,27)(H,29,30)(H3,19,21,22,26)/t8-,10-,11-,14-,17?,18-/m1/s1. The van der Waals surface area contributed by atoms with Crippen molar-refractivity contribution in [3.05, 3.63) is 20.8 Å². The minimum Gasteiger partial charge on any atom is -0.388 e. The van der Waals surface area contributed by atoms with Crippen molar-refractivity contribution in [3.63, 3.8) is 0 Å². The summed E-state index contributed by atoms with van der Waals surface area (Å²) in [5.74, 6) is -0.265. The van der Waals surface area contributed by atoms with Gasteiger partial charge in [-0.15, -0.1) is 0 Å². The Morgan fingerprint density at radius 3 is 2.42 bits per heavy atom. The van der Waals surface area contributed by atoms with Crippen molar-refractivity contribution >= 4 is 24.7 Å². The third-order valence-electron chi connectivity index (χ3n) is 6.19. The van der Waals surface area contributed by atoms with Gasteiger partial charge in [-0.05, 0) is 26.7 Å². The lowest BCUT2D eigenvalue weighted by atomic mass is 9.93. The Morgan fingerprint density at radius 2 is 1.85 bits per heavy atom. The fraction of sp³-hybridized carbons (Fsp3) is 0.722. The number of nitrogens with two attached hydrogens (primary N) is 1. The van der Waals surface area contributed by atoms with E-state index in [9.17, 15) is 34.4 Å². The van der Waals surface area contributed by atoms with Crippen LogP contribution in [0.15, 0.2) is 9.59 Å². The molecule has 7 atom stereocenters. The molecule has 2 unspecified atom stereocenters. The highest BCUT2D eigenvalue weighted by atomic mass is 31.2. The number of aliphatic hydroxyl groups excluding tert-OH is 2. The number of nitrogens with zero attached hydrogens (tertiary/aromatic N) is 2. The van der Waals surface area contributed by atoms with Gasteiger partial charge in [-0.3, -0.25) is 19.3 Å². The third kappa shape index (κ3) is 4.52. The van der Waals surface area contributed by atoms with Crippen molar-refractivity contribution in [2.24, 2.45) is 0 Å². The number of nitrogens with one attached hydrogen (secondary N) is 2. The first kappa shape index (κ1) is 25.6. The summed E-state index contributed by atoms with van der Waals surface area (Å²) < 4.78 is 24.8. The Hall–Kier alpha value is -2.06. The Labute approximate surface area is 187 Å². The van der Waals surface area contributed by atoms with E-state index in [1.807, 2.05) is 0 Å². The van der Waals surface area contributed by atoms with Crippen LogP contribution >= 0.6 is 7.60 Å². The van der Waals surface area contributed by atoms with E-state index >= 15 is 0 Å². The minimum absolute atomic E-state index is 0.0390. The maximum Gasteiger partial charge on any atom is 0.359 e. The normalized spacial score (nSPS) is 29.0. The molecule has 0 bridgehead atoms. The molecule has 1 fully saturated rings. The van der Waals surface area contributed by atoms with Crippen molar-refractivity contribution in [3.8, 4) is 0 Å². The third-order valence-corrected chi connectivity index (χ3v) is 8.41. The van der Waals surface area contributed by atoms with Gasteiger partial charge in [0.2, 0.25) is 5.95 Å². The molecule has 1 aliphatic rings. The highest BCUT2D eigenvalue weighted by Crippen LogP contribution is 2.59. The zero-order valence-corrected chi connectivity index (χ0v) is 19.6. The van der Waals surface area contributed by atoms with Crippen LogP contribution in [0.1, 0.15) is 53.2 Å². The Morgan fingerprint density at radius 1 is 1.21 bits per heavy atom.